The van der Waals surface area contributed by atoms with Crippen LogP contribution >= 0.6 is 23.4 Å². The molecule has 0 aliphatic rings. The van der Waals surface area contributed by atoms with Gasteiger partial charge in [0.05, 0.1) is 0 Å². The van der Waals surface area contributed by atoms with Gasteiger partial charge in [0.1, 0.15) is 5.84 Å². The third-order valence-corrected chi connectivity index (χ3v) is 4.10. The van der Waals surface area contributed by atoms with Crippen molar-refractivity contribution >= 4 is 29.2 Å². The van der Waals surface area contributed by atoms with Gasteiger partial charge in [0.25, 0.3) is 0 Å². The number of nitrogens with one attached hydrogen (secondary N) is 2. The van der Waals surface area contributed by atoms with Crippen LogP contribution in [-0.4, -0.2) is 20.6 Å². The van der Waals surface area contributed by atoms with Crippen molar-refractivity contribution in [3.8, 4) is 0 Å². The molecule has 9 heteroatoms. The molecule has 0 saturated heterocycles. The highest BCUT2D eigenvalue weighted by molar-refractivity contribution is 7.98. The van der Waals surface area contributed by atoms with E-state index in [2.05, 4.69) is 10.1 Å². The molecule has 0 unspecified atom stereocenters. The summed E-state index contributed by atoms with van der Waals surface area (Å²) in [5.74, 6) is 0.407. The Kier molecular flexibility index (Phi) is 4.49. The molecular formula is C12H12ClN5O2S. The van der Waals surface area contributed by atoms with Gasteiger partial charge in [-0.2, -0.15) is 4.98 Å². The molecule has 1 aromatic carbocycles. The summed E-state index contributed by atoms with van der Waals surface area (Å²) in [6.45, 7) is 0. The molecular weight excluding hydrogens is 314 g/mol. The highest BCUT2D eigenvalue weighted by Crippen LogP contribution is 2.25. The summed E-state index contributed by atoms with van der Waals surface area (Å²) in [6, 6.07) is 5.07. The maximum atomic E-state index is 11.2. The van der Waals surface area contributed by atoms with E-state index < -0.39 is 11.1 Å². The molecule has 0 bridgehead atoms. The molecule has 21 heavy (non-hydrogen) atoms. The molecule has 0 aliphatic carbocycles. The van der Waals surface area contributed by atoms with E-state index in [0.717, 1.165) is 5.56 Å². The fourth-order valence-electron chi connectivity index (χ4n) is 1.56. The first kappa shape index (κ1) is 15.3. The van der Waals surface area contributed by atoms with Gasteiger partial charge in [0.15, 0.2) is 5.16 Å². The molecule has 1 aromatic heterocycles. The lowest BCUT2D eigenvalue weighted by Crippen LogP contribution is -2.33. The fourth-order valence-corrected chi connectivity index (χ4v) is 2.81. The van der Waals surface area contributed by atoms with Crippen LogP contribution in [0.15, 0.2) is 32.9 Å². The van der Waals surface area contributed by atoms with E-state index in [0.29, 0.717) is 21.5 Å². The van der Waals surface area contributed by atoms with Crippen LogP contribution in [0, 0.1) is 5.41 Å². The van der Waals surface area contributed by atoms with E-state index >= 15 is 0 Å². The number of benzene rings is 1. The van der Waals surface area contributed by atoms with Gasteiger partial charge in [-0.25, -0.2) is 0 Å². The highest BCUT2D eigenvalue weighted by Gasteiger charge is 2.08. The molecule has 0 saturated carbocycles. The number of H-pyrrole nitrogens is 1. The molecule has 0 spiro atoms. The summed E-state index contributed by atoms with van der Waals surface area (Å²) in [6.07, 6.45) is 0. The van der Waals surface area contributed by atoms with Crippen molar-refractivity contribution in [1.29, 1.82) is 5.41 Å². The number of aryl methyl sites for hydroxylation is 1. The molecule has 0 fully saturated rings. The van der Waals surface area contributed by atoms with Crippen LogP contribution in [0.5, 0.6) is 0 Å². The van der Waals surface area contributed by atoms with E-state index in [1.54, 1.807) is 25.2 Å². The molecule has 2 aromatic rings. The third kappa shape index (κ3) is 3.53. The van der Waals surface area contributed by atoms with Crippen LogP contribution in [0.2, 0.25) is 5.02 Å². The monoisotopic (exact) mass is 325 g/mol. The van der Waals surface area contributed by atoms with E-state index in [1.807, 2.05) is 0 Å². The number of thioether (sulfide) groups is 1. The van der Waals surface area contributed by atoms with Crippen molar-refractivity contribution < 1.29 is 0 Å². The van der Waals surface area contributed by atoms with Gasteiger partial charge in [0.2, 0.25) is 0 Å². The Morgan fingerprint density at radius 2 is 2.24 bits per heavy atom. The van der Waals surface area contributed by atoms with Crippen molar-refractivity contribution in [2.75, 3.05) is 0 Å². The molecule has 2 rings (SSSR count). The summed E-state index contributed by atoms with van der Waals surface area (Å²) in [4.78, 5) is 26.0. The summed E-state index contributed by atoms with van der Waals surface area (Å²) in [5.41, 5.74) is 5.16. The Morgan fingerprint density at radius 1 is 1.52 bits per heavy atom. The normalized spacial score (nSPS) is 10.6. The Labute approximate surface area is 128 Å². The first-order chi connectivity index (χ1) is 9.88. The zero-order chi connectivity index (χ0) is 15.6. The number of hydrogen-bond donors (Lipinski definition) is 3. The number of rotatable bonds is 4. The van der Waals surface area contributed by atoms with Gasteiger partial charge in [0, 0.05) is 23.4 Å². The SMILES string of the molecule is Cn1[nH]c(=O)c(=O)nc1SCc1ccc(C(=N)N)cc1Cl. The summed E-state index contributed by atoms with van der Waals surface area (Å²) in [7, 11) is 1.59. The second-order valence-corrected chi connectivity index (χ2v) is 5.56. The van der Waals surface area contributed by atoms with E-state index in [9.17, 15) is 9.59 Å². The van der Waals surface area contributed by atoms with Crippen LogP contribution in [0.4, 0.5) is 0 Å². The van der Waals surface area contributed by atoms with Gasteiger partial charge in [-0.1, -0.05) is 35.5 Å². The molecule has 110 valence electrons. The van der Waals surface area contributed by atoms with Crippen LogP contribution < -0.4 is 16.9 Å². The number of nitrogen functional groups attached to an aromatic ring is 1. The molecule has 1 heterocycles. The lowest BCUT2D eigenvalue weighted by molar-refractivity contribution is 0.596. The summed E-state index contributed by atoms with van der Waals surface area (Å²) < 4.78 is 1.38. The summed E-state index contributed by atoms with van der Waals surface area (Å²) in [5, 5.41) is 10.6. The predicted molar refractivity (Wildman–Crippen MR) is 82.1 cm³/mol. The molecule has 7 nitrogen and oxygen atoms in total. The largest absolute Gasteiger partial charge is 0.384 e. The minimum atomic E-state index is -0.825. The average Bonchev–Trinajstić information content (AvgIpc) is 2.42. The van der Waals surface area contributed by atoms with Gasteiger partial charge in [-0.15, -0.1) is 0 Å². The lowest BCUT2D eigenvalue weighted by Gasteiger charge is -2.08. The van der Waals surface area contributed by atoms with Crippen molar-refractivity contribution in [2.45, 2.75) is 10.9 Å². The quantitative estimate of drug-likeness (QED) is 0.331. The van der Waals surface area contributed by atoms with Crippen LogP contribution in [0.3, 0.4) is 0 Å². The Morgan fingerprint density at radius 3 is 2.86 bits per heavy atom. The maximum absolute atomic E-state index is 11.2. The Bertz CT molecular complexity index is 814. The number of amidine groups is 1. The maximum Gasteiger partial charge on any atom is 0.339 e. The van der Waals surface area contributed by atoms with Crippen molar-refractivity contribution in [3.63, 3.8) is 0 Å². The number of nitrogens with two attached hydrogens (primary N) is 1. The predicted octanol–water partition coefficient (Wildman–Crippen LogP) is 0.698. The van der Waals surface area contributed by atoms with Crippen molar-refractivity contribution in [2.24, 2.45) is 12.8 Å². The number of halogens is 1. The highest BCUT2D eigenvalue weighted by atomic mass is 35.5. The third-order valence-electron chi connectivity index (χ3n) is 2.67. The zero-order valence-electron chi connectivity index (χ0n) is 11.0. The topological polar surface area (TPSA) is 118 Å². The summed E-state index contributed by atoms with van der Waals surface area (Å²) >= 11 is 7.39. The molecule has 0 amide bonds. The van der Waals surface area contributed by atoms with Crippen molar-refractivity contribution in [3.05, 3.63) is 55.1 Å². The first-order valence-corrected chi connectivity index (χ1v) is 7.18. The zero-order valence-corrected chi connectivity index (χ0v) is 12.6. The minimum Gasteiger partial charge on any atom is -0.384 e. The van der Waals surface area contributed by atoms with Gasteiger partial charge in [-0.3, -0.25) is 24.8 Å². The number of aromatic nitrogens is 3. The minimum absolute atomic E-state index is 0.0548. The smallest absolute Gasteiger partial charge is 0.339 e. The second kappa shape index (κ2) is 6.15. The average molecular weight is 326 g/mol. The molecule has 0 atom stereocenters. The standard InChI is InChI=1S/C12H12ClN5O2S/c1-18-12(16-10(19)11(20)17-18)21-5-7-3-2-6(9(14)15)4-8(7)13/h2-4H,5H2,1H3,(H3,14,15)(H,17,20). The number of hydrogen-bond acceptors (Lipinski definition) is 5. The van der Waals surface area contributed by atoms with Gasteiger partial charge >= 0.3 is 11.1 Å². The Balaban J connectivity index is 2.21. The lowest BCUT2D eigenvalue weighted by atomic mass is 10.1. The van der Waals surface area contributed by atoms with E-state index in [4.69, 9.17) is 22.7 Å². The van der Waals surface area contributed by atoms with Crippen molar-refractivity contribution in [1.82, 2.24) is 14.8 Å². The van der Waals surface area contributed by atoms with Crippen LogP contribution in [0.1, 0.15) is 11.1 Å². The van der Waals surface area contributed by atoms with E-state index in [-0.39, 0.29) is 5.84 Å². The van der Waals surface area contributed by atoms with Gasteiger partial charge < -0.3 is 5.73 Å². The second-order valence-electron chi connectivity index (χ2n) is 4.21. The van der Waals surface area contributed by atoms with Crippen LogP contribution in [-0.2, 0) is 12.8 Å². The number of nitrogens with zero attached hydrogens (tertiary/aromatic N) is 2. The molecule has 4 N–H and O–H groups in total. The van der Waals surface area contributed by atoms with E-state index in [1.165, 1.54) is 16.4 Å². The van der Waals surface area contributed by atoms with Crippen LogP contribution in [0.25, 0.3) is 0 Å². The fraction of sp³-hybridized carbons (Fsp3) is 0.167. The number of aromatic amines is 1. The molecule has 0 aliphatic heterocycles. The Hall–Kier alpha value is -2.06. The van der Waals surface area contributed by atoms with Gasteiger partial charge in [-0.05, 0) is 11.6 Å². The first-order valence-electron chi connectivity index (χ1n) is 5.81. The molecule has 0 radical (unpaired) electrons.